The maximum Gasteiger partial charge on any atom is 0.345 e. The number of hydrogen-bond donors (Lipinski definition) is 0. The lowest BCUT2D eigenvalue weighted by Gasteiger charge is -2.01. The first-order valence-electron chi connectivity index (χ1n) is 4.93. The molecule has 0 atom stereocenters. The Kier molecular flexibility index (Phi) is 8.52. The summed E-state index contributed by atoms with van der Waals surface area (Å²) in [5.41, 5.74) is 0. The molecule has 5 heteroatoms. The Morgan fingerprint density at radius 1 is 1.38 bits per heavy atom. The highest BCUT2D eigenvalue weighted by molar-refractivity contribution is 9.12. The van der Waals surface area contributed by atoms with Gasteiger partial charge in [-0.05, 0) is 35.7 Å². The van der Waals surface area contributed by atoms with Crippen LogP contribution in [0.1, 0.15) is 19.8 Å². The molecule has 0 bridgehead atoms. The molecule has 0 radical (unpaired) electrons. The van der Waals surface area contributed by atoms with E-state index in [1.54, 1.807) is 13.0 Å². The Bertz CT molecular complexity index is 284. The molecule has 90 valence electrons. The summed E-state index contributed by atoms with van der Waals surface area (Å²) in [6, 6.07) is 0. The summed E-state index contributed by atoms with van der Waals surface area (Å²) >= 11 is 2.94. The van der Waals surface area contributed by atoms with Crippen molar-refractivity contribution in [2.24, 2.45) is 0 Å². The van der Waals surface area contributed by atoms with Crippen LogP contribution < -0.4 is 0 Å². The van der Waals surface area contributed by atoms with Crippen LogP contribution in [0.15, 0.2) is 23.2 Å². The Morgan fingerprint density at radius 3 is 2.62 bits per heavy atom. The van der Waals surface area contributed by atoms with Crippen LogP contribution in [0.3, 0.4) is 0 Å². The van der Waals surface area contributed by atoms with Crippen molar-refractivity contribution in [2.75, 3.05) is 13.2 Å². The zero-order valence-electron chi connectivity index (χ0n) is 9.20. The molecule has 0 aromatic carbocycles. The Hall–Kier alpha value is -1.10. The summed E-state index contributed by atoms with van der Waals surface area (Å²) < 4.78 is 9.57. The fourth-order valence-electron chi connectivity index (χ4n) is 0.805. The van der Waals surface area contributed by atoms with Gasteiger partial charge in [0.15, 0.2) is 0 Å². The summed E-state index contributed by atoms with van der Waals surface area (Å²) in [4.78, 5) is 22.3. The first-order chi connectivity index (χ1) is 7.61. The van der Waals surface area contributed by atoms with E-state index in [9.17, 15) is 9.59 Å². The van der Waals surface area contributed by atoms with Crippen molar-refractivity contribution in [1.82, 2.24) is 0 Å². The van der Waals surface area contributed by atoms with Gasteiger partial charge in [0.25, 0.3) is 0 Å². The number of carbonyl (C=O) groups is 2. The van der Waals surface area contributed by atoms with Gasteiger partial charge in [0.1, 0.15) is 4.48 Å². The van der Waals surface area contributed by atoms with Crippen LogP contribution in [0, 0.1) is 0 Å². The van der Waals surface area contributed by atoms with Gasteiger partial charge in [-0.15, -0.1) is 6.58 Å². The molecule has 0 saturated heterocycles. The maximum absolute atomic E-state index is 11.2. The third-order valence-electron chi connectivity index (χ3n) is 1.51. The van der Waals surface area contributed by atoms with E-state index >= 15 is 0 Å². The number of rotatable bonds is 7. The lowest BCUT2D eigenvalue weighted by molar-refractivity contribution is -0.140. The minimum absolute atomic E-state index is 0.0584. The van der Waals surface area contributed by atoms with Gasteiger partial charge in [-0.2, -0.15) is 0 Å². The quantitative estimate of drug-likeness (QED) is 0.313. The van der Waals surface area contributed by atoms with Crippen molar-refractivity contribution in [1.29, 1.82) is 0 Å². The first-order valence-corrected chi connectivity index (χ1v) is 5.73. The molecule has 0 heterocycles. The second-order valence-corrected chi connectivity index (χ2v) is 3.67. The molecule has 0 amide bonds. The topological polar surface area (TPSA) is 52.6 Å². The van der Waals surface area contributed by atoms with Gasteiger partial charge in [-0.1, -0.05) is 6.08 Å². The van der Waals surface area contributed by atoms with Crippen LogP contribution in [0.4, 0.5) is 0 Å². The average Bonchev–Trinajstić information content (AvgIpc) is 2.24. The monoisotopic (exact) mass is 290 g/mol. The predicted molar refractivity (Wildman–Crippen MR) is 64.0 cm³/mol. The van der Waals surface area contributed by atoms with Gasteiger partial charge in [0.05, 0.1) is 13.2 Å². The SMILES string of the molecule is C=CCCCOC(=O)/C=C(\Br)C(=O)OCC. The standard InChI is InChI=1S/C11H15BrO4/c1-3-5-6-7-16-10(13)8-9(12)11(14)15-4-2/h3,8H,1,4-7H2,2H3/b9-8-. The van der Waals surface area contributed by atoms with E-state index in [0.717, 1.165) is 18.9 Å². The fraction of sp³-hybridized carbons (Fsp3) is 0.455. The van der Waals surface area contributed by atoms with E-state index in [0.29, 0.717) is 6.61 Å². The van der Waals surface area contributed by atoms with Crippen molar-refractivity contribution in [3.05, 3.63) is 23.2 Å². The summed E-state index contributed by atoms with van der Waals surface area (Å²) in [6.07, 6.45) is 4.32. The molecule has 0 unspecified atom stereocenters. The summed E-state index contributed by atoms with van der Waals surface area (Å²) in [5, 5.41) is 0. The highest BCUT2D eigenvalue weighted by Gasteiger charge is 2.09. The van der Waals surface area contributed by atoms with Crippen LogP contribution in [0.25, 0.3) is 0 Å². The highest BCUT2D eigenvalue weighted by atomic mass is 79.9. The van der Waals surface area contributed by atoms with Crippen molar-refractivity contribution in [3.63, 3.8) is 0 Å². The summed E-state index contributed by atoms with van der Waals surface area (Å²) in [7, 11) is 0. The molecule has 0 aliphatic rings. The third kappa shape index (κ3) is 7.23. The molecule has 0 aromatic rings. The fourth-order valence-corrected chi connectivity index (χ4v) is 1.11. The van der Waals surface area contributed by atoms with Gasteiger partial charge in [-0.3, -0.25) is 0 Å². The molecule has 0 N–H and O–H groups in total. The molecule has 16 heavy (non-hydrogen) atoms. The largest absolute Gasteiger partial charge is 0.462 e. The third-order valence-corrected chi connectivity index (χ3v) is 2.06. The second kappa shape index (κ2) is 9.15. The Balaban J connectivity index is 3.95. The molecule has 0 aliphatic heterocycles. The van der Waals surface area contributed by atoms with Crippen LogP contribution >= 0.6 is 15.9 Å². The van der Waals surface area contributed by atoms with E-state index < -0.39 is 11.9 Å². The number of halogens is 1. The van der Waals surface area contributed by atoms with Crippen LogP contribution in [-0.2, 0) is 19.1 Å². The smallest absolute Gasteiger partial charge is 0.345 e. The maximum atomic E-state index is 11.2. The van der Waals surface area contributed by atoms with E-state index in [2.05, 4.69) is 27.2 Å². The van der Waals surface area contributed by atoms with E-state index in [1.165, 1.54) is 0 Å². The number of carbonyl (C=O) groups excluding carboxylic acids is 2. The number of unbranched alkanes of at least 4 members (excludes halogenated alkanes) is 1. The zero-order valence-corrected chi connectivity index (χ0v) is 10.8. The van der Waals surface area contributed by atoms with Crippen LogP contribution in [0.2, 0.25) is 0 Å². The predicted octanol–water partition coefficient (Wildman–Crippen LogP) is 2.34. The van der Waals surface area contributed by atoms with Crippen molar-refractivity contribution < 1.29 is 19.1 Å². The van der Waals surface area contributed by atoms with Gasteiger partial charge < -0.3 is 9.47 Å². The average molecular weight is 291 g/mol. The molecule has 0 aromatic heterocycles. The second-order valence-electron chi connectivity index (χ2n) is 2.81. The first kappa shape index (κ1) is 14.9. The molecule has 0 spiro atoms. The molecule has 0 fully saturated rings. The van der Waals surface area contributed by atoms with Gasteiger partial charge in [-0.25, -0.2) is 9.59 Å². The van der Waals surface area contributed by atoms with E-state index in [1.807, 2.05) is 0 Å². The van der Waals surface area contributed by atoms with Crippen LogP contribution in [0.5, 0.6) is 0 Å². The summed E-state index contributed by atoms with van der Waals surface area (Å²) in [5.74, 6) is -1.14. The van der Waals surface area contributed by atoms with E-state index in [4.69, 9.17) is 4.74 Å². The van der Waals surface area contributed by atoms with Gasteiger partial charge >= 0.3 is 11.9 Å². The Morgan fingerprint density at radius 2 is 2.06 bits per heavy atom. The zero-order chi connectivity index (χ0) is 12.4. The van der Waals surface area contributed by atoms with Gasteiger partial charge in [0.2, 0.25) is 0 Å². The van der Waals surface area contributed by atoms with Crippen molar-refractivity contribution >= 4 is 27.9 Å². The molecule has 0 rings (SSSR count). The number of esters is 2. The minimum Gasteiger partial charge on any atom is -0.462 e. The van der Waals surface area contributed by atoms with Gasteiger partial charge in [0, 0.05) is 6.08 Å². The Labute approximate surface area is 103 Å². The van der Waals surface area contributed by atoms with E-state index in [-0.39, 0.29) is 11.1 Å². The lowest BCUT2D eigenvalue weighted by atomic mass is 10.3. The molecular formula is C11H15BrO4. The number of hydrogen-bond acceptors (Lipinski definition) is 4. The molecule has 0 saturated carbocycles. The summed E-state index contributed by atoms with van der Waals surface area (Å²) in [6.45, 7) is 5.80. The molecule has 0 aliphatic carbocycles. The van der Waals surface area contributed by atoms with Crippen molar-refractivity contribution in [3.8, 4) is 0 Å². The van der Waals surface area contributed by atoms with Crippen LogP contribution in [-0.4, -0.2) is 25.2 Å². The number of ether oxygens (including phenoxy) is 2. The normalized spacial score (nSPS) is 10.8. The minimum atomic E-state index is -0.578. The number of allylic oxidation sites excluding steroid dienone is 1. The lowest BCUT2D eigenvalue weighted by Crippen LogP contribution is -2.08. The van der Waals surface area contributed by atoms with Crippen molar-refractivity contribution in [2.45, 2.75) is 19.8 Å². The highest BCUT2D eigenvalue weighted by Crippen LogP contribution is 2.07. The molecule has 4 nitrogen and oxygen atoms in total. The molecular weight excluding hydrogens is 276 g/mol.